The van der Waals surface area contributed by atoms with Crippen LogP contribution < -0.4 is 5.32 Å². The van der Waals surface area contributed by atoms with Crippen LogP contribution in [0.1, 0.15) is 40.5 Å². The van der Waals surface area contributed by atoms with E-state index < -0.39 is 0 Å². The van der Waals surface area contributed by atoms with Crippen LogP contribution in [0, 0.1) is 5.41 Å². The summed E-state index contributed by atoms with van der Waals surface area (Å²) in [7, 11) is 1.83. The van der Waals surface area contributed by atoms with Crippen LogP contribution in [0.25, 0.3) is 0 Å². The number of rotatable bonds is 7. The summed E-state index contributed by atoms with van der Waals surface area (Å²) in [4.78, 5) is 0. The summed E-state index contributed by atoms with van der Waals surface area (Å²) < 4.78 is 5.62. The molecule has 2 atom stereocenters. The molecule has 0 aromatic rings. The predicted octanol–water partition coefficient (Wildman–Crippen LogP) is 2.92. The standard InChI is InChI=1S/C13H27NOS/c1-6-16-9-7-8-14-11-10-13(4,15-5)12(11,2)3/h11,14H,6-10H2,1-5H3. The number of methoxy groups -OCH3 is 1. The summed E-state index contributed by atoms with van der Waals surface area (Å²) in [6.45, 7) is 10.2. The van der Waals surface area contributed by atoms with Gasteiger partial charge in [0.25, 0.3) is 0 Å². The molecule has 0 aromatic heterocycles. The maximum atomic E-state index is 5.62. The van der Waals surface area contributed by atoms with E-state index in [9.17, 15) is 0 Å². The van der Waals surface area contributed by atoms with Crippen LogP contribution in [-0.2, 0) is 4.74 Å². The van der Waals surface area contributed by atoms with Crippen molar-refractivity contribution in [3.05, 3.63) is 0 Å². The van der Waals surface area contributed by atoms with E-state index in [0.717, 1.165) is 13.0 Å². The summed E-state index contributed by atoms with van der Waals surface area (Å²) in [5.74, 6) is 2.51. The Morgan fingerprint density at radius 2 is 2.06 bits per heavy atom. The molecule has 1 saturated carbocycles. The molecule has 0 amide bonds. The normalized spacial score (nSPS) is 32.4. The molecule has 0 aliphatic heterocycles. The van der Waals surface area contributed by atoms with E-state index in [1.165, 1.54) is 17.9 Å². The van der Waals surface area contributed by atoms with Gasteiger partial charge in [-0.25, -0.2) is 0 Å². The molecular weight excluding hydrogens is 218 g/mol. The molecule has 3 heteroatoms. The van der Waals surface area contributed by atoms with Crippen LogP contribution in [0.5, 0.6) is 0 Å². The van der Waals surface area contributed by atoms with Gasteiger partial charge in [0.15, 0.2) is 0 Å². The zero-order chi connectivity index (χ0) is 12.2. The minimum atomic E-state index is 0.0584. The second-order valence-electron chi connectivity index (χ2n) is 5.42. The summed E-state index contributed by atoms with van der Waals surface area (Å²) in [6.07, 6.45) is 2.41. The molecule has 96 valence electrons. The fraction of sp³-hybridized carbons (Fsp3) is 1.00. The third-order valence-electron chi connectivity index (χ3n) is 4.34. The molecular formula is C13H27NOS. The molecule has 2 unspecified atom stereocenters. The molecule has 0 heterocycles. The molecule has 1 aliphatic carbocycles. The van der Waals surface area contributed by atoms with E-state index in [0.29, 0.717) is 6.04 Å². The molecule has 0 saturated heterocycles. The minimum Gasteiger partial charge on any atom is -0.378 e. The van der Waals surface area contributed by atoms with E-state index in [4.69, 9.17) is 4.74 Å². The lowest BCUT2D eigenvalue weighted by Crippen LogP contribution is -2.67. The van der Waals surface area contributed by atoms with E-state index >= 15 is 0 Å². The highest BCUT2D eigenvalue weighted by Crippen LogP contribution is 2.51. The van der Waals surface area contributed by atoms with Gasteiger partial charge in [-0.15, -0.1) is 0 Å². The Bertz CT molecular complexity index is 220. The molecule has 16 heavy (non-hydrogen) atoms. The zero-order valence-electron chi connectivity index (χ0n) is 11.4. The summed E-state index contributed by atoms with van der Waals surface area (Å²) >= 11 is 2.02. The maximum Gasteiger partial charge on any atom is 0.0731 e. The first-order valence-electron chi connectivity index (χ1n) is 6.34. The number of hydrogen-bond donors (Lipinski definition) is 1. The lowest BCUT2D eigenvalue weighted by molar-refractivity contribution is -0.180. The Balaban J connectivity index is 2.21. The predicted molar refractivity (Wildman–Crippen MR) is 73.2 cm³/mol. The van der Waals surface area contributed by atoms with Crippen molar-refractivity contribution in [3.63, 3.8) is 0 Å². The smallest absolute Gasteiger partial charge is 0.0731 e. The van der Waals surface area contributed by atoms with Gasteiger partial charge in [0.2, 0.25) is 0 Å². The summed E-state index contributed by atoms with van der Waals surface area (Å²) in [6, 6.07) is 0.615. The van der Waals surface area contributed by atoms with Crippen molar-refractivity contribution in [2.75, 3.05) is 25.2 Å². The zero-order valence-corrected chi connectivity index (χ0v) is 12.2. The van der Waals surface area contributed by atoms with Crippen LogP contribution in [-0.4, -0.2) is 36.8 Å². The van der Waals surface area contributed by atoms with Gasteiger partial charge in [0.05, 0.1) is 5.60 Å². The molecule has 1 rings (SSSR count). The van der Waals surface area contributed by atoms with Gasteiger partial charge in [0, 0.05) is 18.6 Å². The van der Waals surface area contributed by atoms with Crippen molar-refractivity contribution in [2.45, 2.75) is 52.2 Å². The van der Waals surface area contributed by atoms with Gasteiger partial charge in [-0.3, -0.25) is 0 Å². The van der Waals surface area contributed by atoms with Crippen molar-refractivity contribution >= 4 is 11.8 Å². The first-order chi connectivity index (χ1) is 7.48. The molecule has 1 N–H and O–H groups in total. The van der Waals surface area contributed by atoms with Crippen molar-refractivity contribution in [1.82, 2.24) is 5.32 Å². The minimum absolute atomic E-state index is 0.0584. The Kier molecular flexibility index (Phi) is 5.14. The fourth-order valence-electron chi connectivity index (χ4n) is 2.41. The van der Waals surface area contributed by atoms with E-state index in [-0.39, 0.29) is 11.0 Å². The van der Waals surface area contributed by atoms with E-state index in [2.05, 4.69) is 33.0 Å². The van der Waals surface area contributed by atoms with Crippen molar-refractivity contribution in [1.29, 1.82) is 0 Å². The summed E-state index contributed by atoms with van der Waals surface area (Å²) in [5, 5.41) is 3.66. The van der Waals surface area contributed by atoms with Crippen LogP contribution in [0.2, 0.25) is 0 Å². The van der Waals surface area contributed by atoms with Crippen molar-refractivity contribution in [2.24, 2.45) is 5.41 Å². The van der Waals surface area contributed by atoms with Gasteiger partial charge in [0.1, 0.15) is 0 Å². The van der Waals surface area contributed by atoms with E-state index in [1.807, 2.05) is 18.9 Å². The molecule has 0 bridgehead atoms. The van der Waals surface area contributed by atoms with Crippen molar-refractivity contribution in [3.8, 4) is 0 Å². The third kappa shape index (κ3) is 2.74. The van der Waals surface area contributed by atoms with Crippen LogP contribution in [0.15, 0.2) is 0 Å². The van der Waals surface area contributed by atoms with E-state index in [1.54, 1.807) is 0 Å². The Morgan fingerprint density at radius 3 is 2.56 bits per heavy atom. The average molecular weight is 245 g/mol. The Hall–Kier alpha value is 0.270. The molecule has 1 fully saturated rings. The van der Waals surface area contributed by atoms with Crippen molar-refractivity contribution < 1.29 is 4.74 Å². The number of thioether (sulfide) groups is 1. The quantitative estimate of drug-likeness (QED) is 0.697. The molecule has 0 aromatic carbocycles. The number of ether oxygens (including phenoxy) is 1. The maximum absolute atomic E-state index is 5.62. The Morgan fingerprint density at radius 1 is 1.38 bits per heavy atom. The van der Waals surface area contributed by atoms with Gasteiger partial charge >= 0.3 is 0 Å². The molecule has 0 spiro atoms. The molecule has 0 radical (unpaired) electrons. The second-order valence-corrected chi connectivity index (χ2v) is 6.81. The first kappa shape index (κ1) is 14.3. The highest BCUT2D eigenvalue weighted by molar-refractivity contribution is 7.99. The largest absolute Gasteiger partial charge is 0.378 e. The monoisotopic (exact) mass is 245 g/mol. The SMILES string of the molecule is CCSCCCNC1CC(C)(OC)C1(C)C. The number of nitrogens with one attached hydrogen (secondary N) is 1. The number of hydrogen-bond acceptors (Lipinski definition) is 3. The topological polar surface area (TPSA) is 21.3 Å². The molecule has 2 nitrogen and oxygen atoms in total. The fourth-order valence-corrected chi connectivity index (χ4v) is 3.05. The second kappa shape index (κ2) is 5.74. The summed E-state index contributed by atoms with van der Waals surface area (Å²) in [5.41, 5.74) is 0.308. The van der Waals surface area contributed by atoms with Crippen LogP contribution >= 0.6 is 11.8 Å². The van der Waals surface area contributed by atoms with Gasteiger partial charge in [-0.2, -0.15) is 11.8 Å². The van der Waals surface area contributed by atoms with Crippen LogP contribution in [0.4, 0.5) is 0 Å². The van der Waals surface area contributed by atoms with Gasteiger partial charge in [-0.05, 0) is 37.8 Å². The first-order valence-corrected chi connectivity index (χ1v) is 7.49. The molecule has 1 aliphatic rings. The Labute approximate surface area is 105 Å². The van der Waals surface area contributed by atoms with Crippen LogP contribution in [0.3, 0.4) is 0 Å². The van der Waals surface area contributed by atoms with Gasteiger partial charge in [-0.1, -0.05) is 20.8 Å². The third-order valence-corrected chi connectivity index (χ3v) is 5.32. The average Bonchev–Trinajstić information content (AvgIpc) is 2.26. The lowest BCUT2D eigenvalue weighted by Gasteiger charge is -2.59. The van der Waals surface area contributed by atoms with Gasteiger partial charge < -0.3 is 10.1 Å². The lowest BCUT2D eigenvalue weighted by atomic mass is 9.56. The highest BCUT2D eigenvalue weighted by atomic mass is 32.2. The highest BCUT2D eigenvalue weighted by Gasteiger charge is 2.57.